The number of fused-ring (bicyclic) bond motifs is 1. The highest BCUT2D eigenvalue weighted by molar-refractivity contribution is 5.50. The van der Waals surface area contributed by atoms with E-state index < -0.39 is 0 Å². The van der Waals surface area contributed by atoms with Crippen LogP contribution in [0.15, 0.2) is 30.6 Å². The molecule has 3 nitrogen and oxygen atoms in total. The lowest BCUT2D eigenvalue weighted by Crippen LogP contribution is -2.17. The largest absolute Gasteiger partial charge is 0.358 e. The second kappa shape index (κ2) is 4.05. The Morgan fingerprint density at radius 1 is 1.60 bits per heavy atom. The Bertz CT molecular complexity index is 493. The van der Waals surface area contributed by atoms with Crippen molar-refractivity contribution in [2.75, 3.05) is 5.32 Å². The Morgan fingerprint density at radius 2 is 2.47 bits per heavy atom. The second-order valence-electron chi connectivity index (χ2n) is 3.34. The van der Waals surface area contributed by atoms with Crippen LogP contribution in [-0.2, 0) is 0 Å². The fraction of sp³-hybridized carbons (Fsp3) is 0.250. The number of hydrogen-bond donors (Lipinski definition) is 1. The van der Waals surface area contributed by atoms with Gasteiger partial charge in [0.25, 0.3) is 0 Å². The van der Waals surface area contributed by atoms with Crippen LogP contribution < -0.4 is 5.32 Å². The first kappa shape index (κ1) is 9.60. The van der Waals surface area contributed by atoms with Crippen LogP contribution in [0.4, 0.5) is 5.82 Å². The van der Waals surface area contributed by atoms with Crippen LogP contribution >= 0.6 is 0 Å². The highest BCUT2D eigenvalue weighted by atomic mass is 15.1. The zero-order valence-corrected chi connectivity index (χ0v) is 8.64. The normalized spacial score (nSPS) is 12.3. The van der Waals surface area contributed by atoms with E-state index >= 15 is 0 Å². The molecule has 0 saturated heterocycles. The summed E-state index contributed by atoms with van der Waals surface area (Å²) in [5.41, 5.74) is 0.923. The van der Waals surface area contributed by atoms with E-state index in [0.717, 1.165) is 17.9 Å². The summed E-state index contributed by atoms with van der Waals surface area (Å²) < 4.78 is 1.99. The summed E-state index contributed by atoms with van der Waals surface area (Å²) in [4.78, 5) is 4.21. The molecule has 1 N–H and O–H groups in total. The van der Waals surface area contributed by atoms with Crippen LogP contribution in [0.5, 0.6) is 0 Å². The molecule has 1 unspecified atom stereocenters. The van der Waals surface area contributed by atoms with Crippen LogP contribution in [-0.4, -0.2) is 15.4 Å². The summed E-state index contributed by atoms with van der Waals surface area (Å²) in [6.45, 7) is 2.06. The minimum atomic E-state index is 0.0676. The standard InChI is InChI=1S/C12H13N3/c1-3-10(4-2)14-12-7-5-6-11-13-8-9-15(11)12/h1,5-10,14H,4H2,2H3. The number of rotatable bonds is 3. The van der Waals surface area contributed by atoms with Gasteiger partial charge in [0.15, 0.2) is 0 Å². The second-order valence-corrected chi connectivity index (χ2v) is 3.34. The number of nitrogens with one attached hydrogen (secondary N) is 1. The molecule has 1 atom stereocenters. The van der Waals surface area contributed by atoms with Crippen LogP contribution in [0.1, 0.15) is 13.3 Å². The van der Waals surface area contributed by atoms with Crippen molar-refractivity contribution in [3.05, 3.63) is 30.6 Å². The van der Waals surface area contributed by atoms with Gasteiger partial charge >= 0.3 is 0 Å². The van der Waals surface area contributed by atoms with E-state index in [0.29, 0.717) is 0 Å². The summed E-state index contributed by atoms with van der Waals surface area (Å²) >= 11 is 0. The fourth-order valence-electron chi connectivity index (χ4n) is 1.51. The zero-order chi connectivity index (χ0) is 10.7. The smallest absolute Gasteiger partial charge is 0.138 e. The predicted octanol–water partition coefficient (Wildman–Crippen LogP) is 2.16. The maximum atomic E-state index is 5.41. The van der Waals surface area contributed by atoms with Gasteiger partial charge in [-0.25, -0.2) is 4.98 Å². The highest BCUT2D eigenvalue weighted by Crippen LogP contribution is 2.12. The molecule has 0 amide bonds. The van der Waals surface area contributed by atoms with Gasteiger partial charge in [-0.3, -0.25) is 4.40 Å². The summed E-state index contributed by atoms with van der Waals surface area (Å²) in [7, 11) is 0. The third-order valence-electron chi connectivity index (χ3n) is 2.36. The van der Waals surface area contributed by atoms with E-state index in [9.17, 15) is 0 Å². The molecule has 2 aromatic heterocycles. The predicted molar refractivity (Wildman–Crippen MR) is 61.7 cm³/mol. The average Bonchev–Trinajstić information content (AvgIpc) is 2.74. The summed E-state index contributed by atoms with van der Waals surface area (Å²) in [6, 6.07) is 5.99. The summed E-state index contributed by atoms with van der Waals surface area (Å²) in [6.07, 6.45) is 10.0. The minimum Gasteiger partial charge on any atom is -0.358 e. The molecule has 0 saturated carbocycles. The van der Waals surface area contributed by atoms with Gasteiger partial charge in [-0.05, 0) is 18.6 Å². The maximum Gasteiger partial charge on any atom is 0.138 e. The SMILES string of the molecule is C#CC(CC)Nc1cccc2nccn12. The molecule has 0 fully saturated rings. The van der Waals surface area contributed by atoms with E-state index in [1.165, 1.54) is 0 Å². The Morgan fingerprint density at radius 3 is 3.20 bits per heavy atom. The Hall–Kier alpha value is -1.95. The van der Waals surface area contributed by atoms with E-state index in [4.69, 9.17) is 6.42 Å². The number of imidazole rings is 1. The van der Waals surface area contributed by atoms with Crippen LogP contribution in [0.25, 0.3) is 5.65 Å². The lowest BCUT2D eigenvalue weighted by molar-refractivity contribution is 0.847. The van der Waals surface area contributed by atoms with Gasteiger partial charge in [-0.15, -0.1) is 6.42 Å². The van der Waals surface area contributed by atoms with Gasteiger partial charge < -0.3 is 5.32 Å². The molecule has 15 heavy (non-hydrogen) atoms. The third-order valence-corrected chi connectivity index (χ3v) is 2.36. The quantitative estimate of drug-likeness (QED) is 0.767. The van der Waals surface area contributed by atoms with E-state index in [2.05, 4.69) is 23.1 Å². The Kier molecular flexibility index (Phi) is 2.59. The number of terminal acetylenes is 1. The molecule has 2 rings (SSSR count). The van der Waals surface area contributed by atoms with Crippen molar-refractivity contribution in [2.45, 2.75) is 19.4 Å². The zero-order valence-electron chi connectivity index (χ0n) is 8.64. The van der Waals surface area contributed by atoms with Crippen LogP contribution in [0, 0.1) is 12.3 Å². The molecule has 3 heteroatoms. The number of pyridine rings is 1. The summed E-state index contributed by atoms with van der Waals surface area (Å²) in [5, 5.41) is 3.29. The third kappa shape index (κ3) is 1.79. The number of nitrogens with zero attached hydrogens (tertiary/aromatic N) is 2. The van der Waals surface area contributed by atoms with E-state index in [-0.39, 0.29) is 6.04 Å². The average molecular weight is 199 g/mol. The molecule has 0 radical (unpaired) electrons. The van der Waals surface area contributed by atoms with Crippen LogP contribution in [0.3, 0.4) is 0 Å². The van der Waals surface area contributed by atoms with Gasteiger partial charge in [0.05, 0.1) is 6.04 Å². The maximum absolute atomic E-state index is 5.41. The van der Waals surface area contributed by atoms with Gasteiger partial charge in [0, 0.05) is 12.4 Å². The van der Waals surface area contributed by atoms with Crippen molar-refractivity contribution in [3.63, 3.8) is 0 Å². The van der Waals surface area contributed by atoms with Gasteiger partial charge in [-0.2, -0.15) is 0 Å². The number of hydrogen-bond acceptors (Lipinski definition) is 2. The molecular weight excluding hydrogens is 186 g/mol. The summed E-state index contributed by atoms with van der Waals surface area (Å²) in [5.74, 6) is 3.69. The van der Waals surface area contributed by atoms with Gasteiger partial charge in [-0.1, -0.05) is 18.9 Å². The van der Waals surface area contributed by atoms with Crippen molar-refractivity contribution in [1.29, 1.82) is 0 Å². The van der Waals surface area contributed by atoms with Crippen molar-refractivity contribution >= 4 is 11.5 Å². The fourth-order valence-corrected chi connectivity index (χ4v) is 1.51. The molecule has 76 valence electrons. The molecule has 0 aliphatic carbocycles. The molecule has 0 spiro atoms. The van der Waals surface area contributed by atoms with Crippen molar-refractivity contribution < 1.29 is 0 Å². The van der Waals surface area contributed by atoms with E-state index in [1.54, 1.807) is 6.20 Å². The van der Waals surface area contributed by atoms with Crippen molar-refractivity contribution in [1.82, 2.24) is 9.38 Å². The molecular formula is C12H13N3. The first-order valence-corrected chi connectivity index (χ1v) is 5.00. The Labute approximate surface area is 89.1 Å². The van der Waals surface area contributed by atoms with E-state index in [1.807, 2.05) is 28.8 Å². The van der Waals surface area contributed by atoms with Crippen molar-refractivity contribution in [3.8, 4) is 12.3 Å². The lowest BCUT2D eigenvalue weighted by atomic mass is 10.2. The van der Waals surface area contributed by atoms with Gasteiger partial charge in [0.2, 0.25) is 0 Å². The van der Waals surface area contributed by atoms with Crippen LogP contribution in [0.2, 0.25) is 0 Å². The minimum absolute atomic E-state index is 0.0676. The first-order valence-electron chi connectivity index (χ1n) is 5.00. The number of aromatic nitrogens is 2. The number of anilines is 1. The molecule has 2 aromatic rings. The Balaban J connectivity index is 2.35. The van der Waals surface area contributed by atoms with Crippen molar-refractivity contribution in [2.24, 2.45) is 0 Å². The monoisotopic (exact) mass is 199 g/mol. The highest BCUT2D eigenvalue weighted by Gasteiger charge is 2.04. The molecule has 0 aromatic carbocycles. The molecule has 0 bridgehead atoms. The molecule has 0 aliphatic heterocycles. The van der Waals surface area contributed by atoms with Gasteiger partial charge in [0.1, 0.15) is 11.5 Å². The molecule has 2 heterocycles. The lowest BCUT2D eigenvalue weighted by Gasteiger charge is -2.13. The first-order chi connectivity index (χ1) is 7.35. The topological polar surface area (TPSA) is 29.3 Å². The molecule has 0 aliphatic rings.